The molecule has 0 aromatic heterocycles. The van der Waals surface area contributed by atoms with Crippen LogP contribution in [0.4, 0.5) is 4.79 Å². The minimum absolute atomic E-state index is 0.122. The molecule has 2 fully saturated rings. The highest BCUT2D eigenvalue weighted by atomic mass is 16.5. The minimum Gasteiger partial charge on any atom is -0.382 e. The quantitative estimate of drug-likeness (QED) is 0.767. The van der Waals surface area contributed by atoms with E-state index in [0.717, 1.165) is 44.7 Å². The van der Waals surface area contributed by atoms with Gasteiger partial charge in [-0.2, -0.15) is 0 Å². The lowest BCUT2D eigenvalue weighted by molar-refractivity contribution is -0.00940. The summed E-state index contributed by atoms with van der Waals surface area (Å²) in [6.45, 7) is 5.14. The number of carbonyl (C=O) groups is 1. The van der Waals surface area contributed by atoms with E-state index in [-0.39, 0.29) is 12.1 Å². The number of methoxy groups -OCH3 is 1. The Labute approximate surface area is 134 Å². The molecule has 1 N–H and O–H groups in total. The highest BCUT2D eigenvalue weighted by Crippen LogP contribution is 2.26. The molecule has 0 unspecified atom stereocenters. The van der Waals surface area contributed by atoms with Crippen molar-refractivity contribution in [1.29, 1.82) is 0 Å². The third-order valence-electron chi connectivity index (χ3n) is 5.06. The predicted molar refractivity (Wildman–Crippen MR) is 87.0 cm³/mol. The summed E-state index contributed by atoms with van der Waals surface area (Å²) in [5, 5.41) is 3.25. The highest BCUT2D eigenvalue weighted by molar-refractivity contribution is 5.74. The molecule has 2 aliphatic rings. The summed E-state index contributed by atoms with van der Waals surface area (Å²) in [6, 6.07) is 0.499. The average Bonchev–Trinajstić information content (AvgIpc) is 2.56. The zero-order chi connectivity index (χ0) is 15.8. The lowest BCUT2D eigenvalue weighted by Crippen LogP contribution is -2.49. The number of likely N-dealkylation sites (tertiary alicyclic amines) is 1. The van der Waals surface area contributed by atoms with Gasteiger partial charge in [0.2, 0.25) is 0 Å². The highest BCUT2D eigenvalue weighted by Gasteiger charge is 2.27. The van der Waals surface area contributed by atoms with Crippen molar-refractivity contribution in [3.8, 4) is 0 Å². The summed E-state index contributed by atoms with van der Waals surface area (Å²) in [7, 11) is 1.69. The fourth-order valence-corrected chi connectivity index (χ4v) is 3.58. The Balaban J connectivity index is 1.66. The minimum atomic E-state index is 0.122. The number of amides is 2. The molecular weight excluding hydrogens is 280 g/mol. The summed E-state index contributed by atoms with van der Waals surface area (Å²) in [5.74, 6) is 0.791. The number of carbonyl (C=O) groups excluding carboxylic acids is 1. The third-order valence-corrected chi connectivity index (χ3v) is 5.06. The topological polar surface area (TPSA) is 50.8 Å². The first-order valence-electron chi connectivity index (χ1n) is 8.89. The van der Waals surface area contributed by atoms with Gasteiger partial charge in [0.05, 0.1) is 19.3 Å². The molecule has 1 aliphatic heterocycles. The maximum absolute atomic E-state index is 12.4. The Morgan fingerprint density at radius 3 is 2.64 bits per heavy atom. The largest absolute Gasteiger partial charge is 0.382 e. The van der Waals surface area contributed by atoms with Crippen LogP contribution in [0, 0.1) is 5.92 Å². The molecule has 128 valence electrons. The van der Waals surface area contributed by atoms with Crippen molar-refractivity contribution >= 4 is 6.03 Å². The van der Waals surface area contributed by atoms with Gasteiger partial charge >= 0.3 is 6.03 Å². The summed E-state index contributed by atoms with van der Waals surface area (Å²) in [4.78, 5) is 14.3. The molecule has 2 rings (SSSR count). The number of rotatable bonds is 6. The van der Waals surface area contributed by atoms with Crippen molar-refractivity contribution < 1.29 is 14.3 Å². The standard InChI is InChI=1S/C17H32N2O3/c1-3-14-5-4-6-15(13-14)18-17(20)19-9-7-16(8-10-19)22-12-11-21-2/h14-16H,3-13H2,1-2H3,(H,18,20)/t14-,15+/m0/s1. The Hall–Kier alpha value is -0.810. The molecule has 22 heavy (non-hydrogen) atoms. The SMILES string of the molecule is CC[C@H]1CCC[C@@H](NC(=O)N2CCC(OCCOC)CC2)C1. The number of hydrogen-bond acceptors (Lipinski definition) is 3. The van der Waals surface area contributed by atoms with Crippen LogP contribution in [-0.2, 0) is 9.47 Å². The molecule has 5 heteroatoms. The van der Waals surface area contributed by atoms with Crippen LogP contribution in [0.3, 0.4) is 0 Å². The first-order chi connectivity index (χ1) is 10.7. The lowest BCUT2D eigenvalue weighted by atomic mass is 9.84. The Bertz CT molecular complexity index is 330. The van der Waals surface area contributed by atoms with E-state index in [1.54, 1.807) is 7.11 Å². The van der Waals surface area contributed by atoms with Gasteiger partial charge in [0.15, 0.2) is 0 Å². The summed E-state index contributed by atoms with van der Waals surface area (Å²) < 4.78 is 10.7. The van der Waals surface area contributed by atoms with E-state index >= 15 is 0 Å². The van der Waals surface area contributed by atoms with E-state index < -0.39 is 0 Å². The van der Waals surface area contributed by atoms with Gasteiger partial charge in [-0.15, -0.1) is 0 Å². The van der Waals surface area contributed by atoms with Gasteiger partial charge < -0.3 is 19.7 Å². The number of nitrogens with zero attached hydrogens (tertiary/aromatic N) is 1. The van der Waals surface area contributed by atoms with Crippen molar-refractivity contribution in [2.45, 2.75) is 64.0 Å². The average molecular weight is 312 g/mol. The van der Waals surface area contributed by atoms with Crippen LogP contribution >= 0.6 is 0 Å². The number of hydrogen-bond donors (Lipinski definition) is 1. The van der Waals surface area contributed by atoms with Crippen molar-refractivity contribution in [2.75, 3.05) is 33.4 Å². The van der Waals surface area contributed by atoms with E-state index in [2.05, 4.69) is 12.2 Å². The number of urea groups is 1. The Kier molecular flexibility index (Phi) is 7.46. The second-order valence-electron chi connectivity index (χ2n) is 6.64. The van der Waals surface area contributed by atoms with Crippen LogP contribution in [0.1, 0.15) is 51.9 Å². The van der Waals surface area contributed by atoms with Gasteiger partial charge in [-0.05, 0) is 31.6 Å². The zero-order valence-electron chi connectivity index (χ0n) is 14.2. The molecule has 0 aromatic rings. The Morgan fingerprint density at radius 1 is 1.18 bits per heavy atom. The molecule has 0 aromatic carbocycles. The van der Waals surface area contributed by atoms with E-state index in [0.29, 0.717) is 19.3 Å². The lowest BCUT2D eigenvalue weighted by Gasteiger charge is -2.35. The zero-order valence-corrected chi connectivity index (χ0v) is 14.2. The second-order valence-corrected chi connectivity index (χ2v) is 6.64. The van der Waals surface area contributed by atoms with Crippen LogP contribution in [0.2, 0.25) is 0 Å². The first-order valence-corrected chi connectivity index (χ1v) is 8.89. The smallest absolute Gasteiger partial charge is 0.317 e. The predicted octanol–water partition coefficient (Wildman–Crippen LogP) is 2.79. The van der Waals surface area contributed by atoms with Crippen molar-refractivity contribution in [3.05, 3.63) is 0 Å². The molecule has 0 spiro atoms. The van der Waals surface area contributed by atoms with Crippen LogP contribution in [-0.4, -0.2) is 56.5 Å². The van der Waals surface area contributed by atoms with Gasteiger partial charge in [0.1, 0.15) is 0 Å². The van der Waals surface area contributed by atoms with Gasteiger partial charge in [0.25, 0.3) is 0 Å². The molecule has 1 aliphatic carbocycles. The molecule has 0 bridgehead atoms. The van der Waals surface area contributed by atoms with Crippen LogP contribution in [0.5, 0.6) is 0 Å². The second kappa shape index (κ2) is 9.36. The summed E-state index contributed by atoms with van der Waals surface area (Å²) >= 11 is 0. The normalized spacial score (nSPS) is 26.9. The molecular formula is C17H32N2O3. The van der Waals surface area contributed by atoms with E-state index in [1.807, 2.05) is 4.90 Å². The first kappa shape index (κ1) is 17.5. The number of nitrogens with one attached hydrogen (secondary N) is 1. The van der Waals surface area contributed by atoms with Crippen LogP contribution < -0.4 is 5.32 Å². The number of ether oxygens (including phenoxy) is 2. The third kappa shape index (κ3) is 5.43. The maximum atomic E-state index is 12.4. The molecule has 1 saturated carbocycles. The Morgan fingerprint density at radius 2 is 1.95 bits per heavy atom. The van der Waals surface area contributed by atoms with Crippen molar-refractivity contribution in [1.82, 2.24) is 10.2 Å². The fourth-order valence-electron chi connectivity index (χ4n) is 3.58. The number of piperidine rings is 1. The van der Waals surface area contributed by atoms with E-state index in [9.17, 15) is 4.79 Å². The van der Waals surface area contributed by atoms with Crippen molar-refractivity contribution in [3.63, 3.8) is 0 Å². The molecule has 2 amide bonds. The monoisotopic (exact) mass is 312 g/mol. The fraction of sp³-hybridized carbons (Fsp3) is 0.941. The maximum Gasteiger partial charge on any atom is 0.317 e. The van der Waals surface area contributed by atoms with Crippen LogP contribution in [0.25, 0.3) is 0 Å². The molecule has 1 saturated heterocycles. The van der Waals surface area contributed by atoms with E-state index in [1.165, 1.54) is 19.3 Å². The van der Waals surface area contributed by atoms with Gasteiger partial charge in [-0.25, -0.2) is 4.79 Å². The van der Waals surface area contributed by atoms with Crippen molar-refractivity contribution in [2.24, 2.45) is 5.92 Å². The molecule has 0 radical (unpaired) electrons. The molecule has 1 heterocycles. The summed E-state index contributed by atoms with van der Waals surface area (Å²) in [6.07, 6.45) is 8.23. The van der Waals surface area contributed by atoms with Crippen LogP contribution in [0.15, 0.2) is 0 Å². The molecule has 5 nitrogen and oxygen atoms in total. The van der Waals surface area contributed by atoms with Gasteiger partial charge in [0, 0.05) is 26.2 Å². The molecule has 2 atom stereocenters. The van der Waals surface area contributed by atoms with E-state index in [4.69, 9.17) is 9.47 Å². The summed E-state index contributed by atoms with van der Waals surface area (Å²) in [5.41, 5.74) is 0. The van der Waals surface area contributed by atoms with Gasteiger partial charge in [-0.3, -0.25) is 0 Å². The van der Waals surface area contributed by atoms with Gasteiger partial charge in [-0.1, -0.05) is 26.2 Å².